The number of hydrogen-bond donors (Lipinski definition) is 3. The molecule has 0 bridgehead atoms. The molecule has 0 aromatic heterocycles. The highest BCUT2D eigenvalue weighted by atomic mass is 19.1. The van der Waals surface area contributed by atoms with Crippen LogP contribution in [0.5, 0.6) is 0 Å². The van der Waals surface area contributed by atoms with Gasteiger partial charge in [-0.2, -0.15) is 0 Å². The number of alkyl halides is 1. The van der Waals surface area contributed by atoms with Crippen LogP contribution in [0.3, 0.4) is 0 Å². The molecule has 130 valence electrons. The van der Waals surface area contributed by atoms with Crippen molar-refractivity contribution in [1.82, 2.24) is 16.0 Å². The molecule has 0 spiro atoms. The summed E-state index contributed by atoms with van der Waals surface area (Å²) in [6.45, 7) is 12.8. The van der Waals surface area contributed by atoms with Gasteiger partial charge in [0.25, 0.3) is 0 Å². The zero-order chi connectivity index (χ0) is 18.0. The van der Waals surface area contributed by atoms with Gasteiger partial charge in [-0.25, -0.2) is 4.39 Å². The predicted octanol–water partition coefficient (Wildman–Crippen LogP) is 3.32. The summed E-state index contributed by atoms with van der Waals surface area (Å²) in [6.07, 6.45) is 3.65. The molecule has 0 aliphatic rings. The molecule has 3 N–H and O–H groups in total. The number of carbonyl (C=O) groups is 1. The number of halogens is 1. The Bertz CT molecular complexity index is 516. The molecule has 4 nitrogen and oxygen atoms in total. The van der Waals surface area contributed by atoms with E-state index in [4.69, 9.17) is 0 Å². The van der Waals surface area contributed by atoms with Crippen molar-refractivity contribution in [3.8, 4) is 0 Å². The zero-order valence-electron chi connectivity index (χ0n) is 15.1. The van der Waals surface area contributed by atoms with Crippen LogP contribution >= 0.6 is 0 Å². The maximum atomic E-state index is 13.0. The van der Waals surface area contributed by atoms with Crippen LogP contribution in [0.1, 0.15) is 41.0 Å². The fourth-order valence-corrected chi connectivity index (χ4v) is 1.70. The third-order valence-electron chi connectivity index (χ3n) is 3.17. The van der Waals surface area contributed by atoms with Crippen LogP contribution in [0.2, 0.25) is 0 Å². The van der Waals surface area contributed by atoms with Gasteiger partial charge < -0.3 is 16.0 Å². The summed E-state index contributed by atoms with van der Waals surface area (Å²) in [5.74, 6) is -0.203. The Kier molecular flexibility index (Phi) is 9.70. The van der Waals surface area contributed by atoms with Crippen LogP contribution in [0, 0.1) is 0 Å². The van der Waals surface area contributed by atoms with Crippen molar-refractivity contribution >= 4 is 5.78 Å². The maximum absolute atomic E-state index is 13.0. The third-order valence-corrected chi connectivity index (χ3v) is 3.17. The second kappa shape index (κ2) is 10.6. The van der Waals surface area contributed by atoms with Crippen LogP contribution in [-0.2, 0) is 4.79 Å². The lowest BCUT2D eigenvalue weighted by molar-refractivity contribution is -0.112. The van der Waals surface area contributed by atoms with Gasteiger partial charge in [0.15, 0.2) is 0 Å². The van der Waals surface area contributed by atoms with Crippen molar-refractivity contribution in [2.45, 2.75) is 47.2 Å². The fraction of sp³-hybridized carbons (Fsp3) is 0.500. The molecule has 0 aliphatic heterocycles. The van der Waals surface area contributed by atoms with E-state index in [2.05, 4.69) is 29.5 Å². The summed E-state index contributed by atoms with van der Waals surface area (Å²) >= 11 is 0. The number of nitrogens with one attached hydrogen (secondary N) is 3. The average Bonchev–Trinajstić information content (AvgIpc) is 2.49. The number of allylic oxidation sites excluding steroid dienone is 4. The monoisotopic (exact) mass is 323 g/mol. The summed E-state index contributed by atoms with van der Waals surface area (Å²) in [7, 11) is 1.79. The van der Waals surface area contributed by atoms with E-state index in [-0.39, 0.29) is 12.3 Å². The molecule has 0 aromatic carbocycles. The van der Waals surface area contributed by atoms with Gasteiger partial charge in [0.05, 0.1) is 5.70 Å². The Hall–Kier alpha value is -2.04. The SMILES string of the molecule is C=C(C)C(=O)/C(NC(/C=C(/C)CC)=C/NC)=C(\C)NCC(C)F. The van der Waals surface area contributed by atoms with E-state index in [1.54, 1.807) is 27.1 Å². The first-order chi connectivity index (χ1) is 10.7. The van der Waals surface area contributed by atoms with E-state index in [1.807, 2.05) is 13.0 Å². The molecule has 23 heavy (non-hydrogen) atoms. The second-order valence-electron chi connectivity index (χ2n) is 5.63. The van der Waals surface area contributed by atoms with Crippen molar-refractivity contribution in [1.29, 1.82) is 0 Å². The summed E-state index contributed by atoms with van der Waals surface area (Å²) < 4.78 is 13.0. The van der Waals surface area contributed by atoms with Crippen molar-refractivity contribution in [3.63, 3.8) is 0 Å². The molecule has 1 atom stereocenters. The maximum Gasteiger partial charge on any atom is 0.206 e. The van der Waals surface area contributed by atoms with Gasteiger partial charge in [0, 0.05) is 25.5 Å². The molecule has 5 heteroatoms. The standard InChI is InChI=1S/C18H30FN3O/c1-8-13(4)9-16(11-20-7)22-17(18(23)12(2)3)15(6)21-10-14(5)19/h9,11,14,20-22H,2,8,10H2,1,3-7H3/b13-9-,16-11+,17-15-. The molecule has 0 radical (unpaired) electrons. The van der Waals surface area contributed by atoms with Crippen molar-refractivity contribution < 1.29 is 9.18 Å². The topological polar surface area (TPSA) is 53.2 Å². The zero-order valence-corrected chi connectivity index (χ0v) is 15.1. The molecule has 0 saturated carbocycles. The van der Waals surface area contributed by atoms with Crippen molar-refractivity contribution in [3.05, 3.63) is 47.1 Å². The van der Waals surface area contributed by atoms with Gasteiger partial charge in [-0.1, -0.05) is 19.1 Å². The summed E-state index contributed by atoms with van der Waals surface area (Å²) in [4.78, 5) is 12.4. The molecule has 0 aliphatic carbocycles. The number of rotatable bonds is 10. The minimum Gasteiger partial charge on any atom is -0.392 e. The van der Waals surface area contributed by atoms with Crippen molar-refractivity contribution in [2.24, 2.45) is 0 Å². The normalized spacial score (nSPS) is 14.7. The molecule has 0 rings (SSSR count). The lowest BCUT2D eigenvalue weighted by Gasteiger charge is -2.17. The summed E-state index contributed by atoms with van der Waals surface area (Å²) in [6, 6.07) is 0. The van der Waals surface area contributed by atoms with Gasteiger partial charge in [0.2, 0.25) is 5.78 Å². The van der Waals surface area contributed by atoms with Crippen LogP contribution in [0.25, 0.3) is 0 Å². The molecule has 0 saturated heterocycles. The average molecular weight is 323 g/mol. The van der Waals surface area contributed by atoms with Crippen molar-refractivity contribution in [2.75, 3.05) is 13.6 Å². The minimum atomic E-state index is -0.999. The first-order valence-electron chi connectivity index (χ1n) is 7.83. The highest BCUT2D eigenvalue weighted by Gasteiger charge is 2.15. The lowest BCUT2D eigenvalue weighted by atomic mass is 10.1. The highest BCUT2D eigenvalue weighted by molar-refractivity contribution is 6.07. The third kappa shape index (κ3) is 8.24. The van der Waals surface area contributed by atoms with Gasteiger partial charge in [0.1, 0.15) is 11.9 Å². The van der Waals surface area contributed by atoms with Gasteiger partial charge in [-0.05, 0) is 45.8 Å². The van der Waals surface area contributed by atoms with Crippen LogP contribution in [0.4, 0.5) is 4.39 Å². The van der Waals surface area contributed by atoms with Crippen LogP contribution in [-0.4, -0.2) is 25.5 Å². The number of Topliss-reactive ketones (excluding diaryl/α,β-unsaturated/α-hetero) is 1. The van der Waals surface area contributed by atoms with E-state index >= 15 is 0 Å². The lowest BCUT2D eigenvalue weighted by Crippen LogP contribution is -2.29. The van der Waals surface area contributed by atoms with E-state index in [1.165, 1.54) is 12.5 Å². The van der Waals surface area contributed by atoms with Gasteiger partial charge in [-0.3, -0.25) is 4.79 Å². The first-order valence-corrected chi connectivity index (χ1v) is 7.83. The largest absolute Gasteiger partial charge is 0.392 e. The van der Waals surface area contributed by atoms with Gasteiger partial charge in [-0.15, -0.1) is 0 Å². The van der Waals surface area contributed by atoms with E-state index in [9.17, 15) is 9.18 Å². The second-order valence-corrected chi connectivity index (χ2v) is 5.63. The highest BCUT2D eigenvalue weighted by Crippen LogP contribution is 2.11. The number of ketones is 1. The van der Waals surface area contributed by atoms with E-state index in [0.717, 1.165) is 12.1 Å². The molecule has 1 unspecified atom stereocenters. The number of carbonyl (C=O) groups excluding carboxylic acids is 1. The molecule has 0 amide bonds. The molecule has 0 aromatic rings. The Morgan fingerprint density at radius 3 is 2.35 bits per heavy atom. The van der Waals surface area contributed by atoms with E-state index < -0.39 is 6.17 Å². The summed E-state index contributed by atoms with van der Waals surface area (Å²) in [5, 5.41) is 9.03. The molecule has 0 fully saturated rings. The summed E-state index contributed by atoms with van der Waals surface area (Å²) in [5.41, 5.74) is 3.31. The predicted molar refractivity (Wildman–Crippen MR) is 95.4 cm³/mol. The smallest absolute Gasteiger partial charge is 0.206 e. The molecular weight excluding hydrogens is 293 g/mol. The Morgan fingerprint density at radius 2 is 1.91 bits per heavy atom. The minimum absolute atomic E-state index is 0.148. The molecule has 0 heterocycles. The van der Waals surface area contributed by atoms with Gasteiger partial charge >= 0.3 is 0 Å². The quantitative estimate of drug-likeness (QED) is 0.426. The Balaban J connectivity index is 5.59. The fourth-order valence-electron chi connectivity index (χ4n) is 1.70. The first kappa shape index (κ1) is 21.0. The Morgan fingerprint density at radius 1 is 1.30 bits per heavy atom. The molecular formula is C18H30FN3O. The van der Waals surface area contributed by atoms with Crippen LogP contribution in [0.15, 0.2) is 47.1 Å². The number of hydrogen-bond acceptors (Lipinski definition) is 4. The van der Waals surface area contributed by atoms with Crippen LogP contribution < -0.4 is 16.0 Å². The Labute approximate surface area is 139 Å². The van der Waals surface area contributed by atoms with E-state index in [0.29, 0.717) is 17.0 Å².